The molecule has 0 aromatic heterocycles. The van der Waals surface area contributed by atoms with Gasteiger partial charge in [0, 0.05) is 13.1 Å². The summed E-state index contributed by atoms with van der Waals surface area (Å²) in [5, 5.41) is 0. The van der Waals surface area contributed by atoms with Gasteiger partial charge in [0.1, 0.15) is 19.3 Å². The average Bonchev–Trinajstić information content (AvgIpc) is 3.03. The van der Waals surface area contributed by atoms with Gasteiger partial charge in [-0.2, -0.15) is 0 Å². The summed E-state index contributed by atoms with van der Waals surface area (Å²) in [4.78, 5) is 26.4. The lowest BCUT2D eigenvalue weighted by Gasteiger charge is -2.30. The van der Waals surface area contributed by atoms with Crippen molar-refractivity contribution in [3.8, 4) is 11.5 Å². The van der Waals surface area contributed by atoms with E-state index >= 15 is 0 Å². The highest BCUT2D eigenvalue weighted by Crippen LogP contribution is 2.40. The minimum Gasteiger partial charge on any atom is -0.486 e. The van der Waals surface area contributed by atoms with Crippen LogP contribution in [-0.2, 0) is 19.1 Å². The summed E-state index contributed by atoms with van der Waals surface area (Å²) in [6.45, 7) is 3.17. The fraction of sp³-hybridized carbons (Fsp3) is 0.529. The van der Waals surface area contributed by atoms with E-state index in [1.165, 1.54) is 0 Å². The van der Waals surface area contributed by atoms with Crippen molar-refractivity contribution in [2.45, 2.75) is 12.5 Å². The van der Waals surface area contributed by atoms with Crippen LogP contribution in [0.3, 0.4) is 0 Å². The van der Waals surface area contributed by atoms with E-state index in [1.54, 1.807) is 17.0 Å². The van der Waals surface area contributed by atoms with Crippen LogP contribution in [0.5, 0.6) is 11.5 Å². The van der Waals surface area contributed by atoms with Crippen LogP contribution in [0.4, 0.5) is 0 Å². The van der Waals surface area contributed by atoms with Gasteiger partial charge >= 0.3 is 5.97 Å². The number of benzene rings is 1. The number of hydrogen-bond acceptors (Lipinski definition) is 6. The molecule has 3 heterocycles. The number of hydrogen-bond donors (Lipinski definition) is 0. The van der Waals surface area contributed by atoms with Crippen LogP contribution in [0, 0.1) is 5.92 Å². The number of nitrogens with zero attached hydrogens (tertiary/aromatic N) is 1. The number of carbonyl (C=O) groups is 2. The Morgan fingerprint density at radius 3 is 2.58 bits per heavy atom. The largest absolute Gasteiger partial charge is 0.486 e. The lowest BCUT2D eigenvalue weighted by Crippen LogP contribution is -2.44. The maximum atomic E-state index is 12.8. The van der Waals surface area contributed by atoms with E-state index in [0.717, 1.165) is 5.56 Å². The molecule has 0 aliphatic carbocycles. The first-order chi connectivity index (χ1) is 11.7. The average molecular weight is 333 g/mol. The van der Waals surface area contributed by atoms with Crippen molar-refractivity contribution < 1.29 is 28.5 Å². The van der Waals surface area contributed by atoms with Gasteiger partial charge in [0.05, 0.1) is 25.6 Å². The number of ether oxygens (including phenoxy) is 4. The number of rotatable bonds is 2. The SMILES string of the molecule is O=C1C[C@H](C(=O)N2CCOCC2)[C@H](c2ccc3c(c2)OCCO3)O1. The third-order valence-corrected chi connectivity index (χ3v) is 4.55. The molecule has 1 amide bonds. The number of morpholine rings is 1. The Hall–Kier alpha value is -2.28. The number of cyclic esters (lactones) is 1. The highest BCUT2D eigenvalue weighted by Gasteiger charge is 2.43. The van der Waals surface area contributed by atoms with Crippen molar-refractivity contribution in [1.82, 2.24) is 4.90 Å². The molecule has 7 heteroatoms. The quantitative estimate of drug-likeness (QED) is 0.750. The molecule has 0 unspecified atom stereocenters. The minimum atomic E-state index is -0.580. The second-order valence-electron chi connectivity index (χ2n) is 6.06. The molecule has 0 bridgehead atoms. The molecule has 0 radical (unpaired) electrons. The minimum absolute atomic E-state index is 0.0518. The summed E-state index contributed by atoms with van der Waals surface area (Å²) in [7, 11) is 0. The molecular weight excluding hydrogens is 314 g/mol. The van der Waals surface area contributed by atoms with Crippen LogP contribution in [0.2, 0.25) is 0 Å². The predicted molar refractivity (Wildman–Crippen MR) is 81.8 cm³/mol. The van der Waals surface area contributed by atoms with Crippen LogP contribution in [-0.4, -0.2) is 56.3 Å². The summed E-state index contributed by atoms with van der Waals surface area (Å²) in [5.74, 6) is 0.397. The van der Waals surface area contributed by atoms with Crippen molar-refractivity contribution in [2.24, 2.45) is 5.92 Å². The van der Waals surface area contributed by atoms with Gasteiger partial charge in [-0.25, -0.2) is 0 Å². The first-order valence-electron chi connectivity index (χ1n) is 8.18. The molecule has 2 fully saturated rings. The lowest BCUT2D eigenvalue weighted by atomic mass is 9.93. The zero-order valence-corrected chi connectivity index (χ0v) is 13.2. The molecule has 0 N–H and O–H groups in total. The van der Waals surface area contributed by atoms with Crippen LogP contribution >= 0.6 is 0 Å². The number of amides is 1. The van der Waals surface area contributed by atoms with Gasteiger partial charge < -0.3 is 23.8 Å². The molecule has 24 heavy (non-hydrogen) atoms. The van der Waals surface area contributed by atoms with E-state index in [2.05, 4.69) is 0 Å². The molecule has 0 spiro atoms. The molecule has 4 rings (SSSR count). The smallest absolute Gasteiger partial charge is 0.307 e. The van der Waals surface area contributed by atoms with E-state index in [9.17, 15) is 9.59 Å². The Labute approximate surface area is 139 Å². The van der Waals surface area contributed by atoms with E-state index in [-0.39, 0.29) is 18.3 Å². The number of fused-ring (bicyclic) bond motifs is 1. The Bertz CT molecular complexity index is 654. The topological polar surface area (TPSA) is 74.3 Å². The second kappa shape index (κ2) is 6.32. The standard InChI is InChI=1S/C17H19NO6/c19-15-10-12(17(20)18-3-5-21-6-4-18)16(24-15)11-1-2-13-14(9-11)23-8-7-22-13/h1-2,9,12,16H,3-8,10H2/t12-,16-/m0/s1. The number of carbonyl (C=O) groups excluding carboxylic acids is 2. The van der Waals surface area contributed by atoms with Crippen LogP contribution in [0.25, 0.3) is 0 Å². The Morgan fingerprint density at radius 1 is 1.04 bits per heavy atom. The molecule has 7 nitrogen and oxygen atoms in total. The highest BCUT2D eigenvalue weighted by atomic mass is 16.6. The third-order valence-electron chi connectivity index (χ3n) is 4.55. The summed E-state index contributed by atoms with van der Waals surface area (Å²) in [5.41, 5.74) is 0.761. The monoisotopic (exact) mass is 333 g/mol. The van der Waals surface area contributed by atoms with Crippen LogP contribution in [0.1, 0.15) is 18.1 Å². The normalized spacial score (nSPS) is 26.2. The van der Waals surface area contributed by atoms with Crippen molar-refractivity contribution in [3.05, 3.63) is 23.8 Å². The molecule has 1 aromatic carbocycles. The predicted octanol–water partition coefficient (Wildman–Crippen LogP) is 0.921. The Balaban J connectivity index is 1.58. The summed E-state index contributed by atoms with van der Waals surface area (Å²) >= 11 is 0. The van der Waals surface area contributed by atoms with Gasteiger partial charge in [0.2, 0.25) is 5.91 Å². The van der Waals surface area contributed by atoms with Gasteiger partial charge in [0.15, 0.2) is 11.5 Å². The van der Waals surface area contributed by atoms with Gasteiger partial charge in [-0.1, -0.05) is 6.07 Å². The van der Waals surface area contributed by atoms with Crippen LogP contribution < -0.4 is 9.47 Å². The summed E-state index contributed by atoms with van der Waals surface area (Å²) in [6.07, 6.45) is -0.473. The highest BCUT2D eigenvalue weighted by molar-refractivity contribution is 5.87. The Kier molecular flexibility index (Phi) is 4.02. The zero-order valence-electron chi connectivity index (χ0n) is 13.2. The molecule has 3 aliphatic heterocycles. The fourth-order valence-electron chi connectivity index (χ4n) is 3.33. The molecule has 0 saturated carbocycles. The zero-order chi connectivity index (χ0) is 16.5. The van der Waals surface area contributed by atoms with Gasteiger partial charge in [-0.05, 0) is 17.7 Å². The van der Waals surface area contributed by atoms with Crippen molar-refractivity contribution >= 4 is 11.9 Å². The lowest BCUT2D eigenvalue weighted by molar-refractivity contribution is -0.143. The van der Waals surface area contributed by atoms with Gasteiger partial charge in [-0.3, -0.25) is 9.59 Å². The summed E-state index contributed by atoms with van der Waals surface area (Å²) < 4.78 is 21.8. The number of esters is 1. The van der Waals surface area contributed by atoms with Gasteiger partial charge in [-0.15, -0.1) is 0 Å². The molecule has 2 saturated heterocycles. The van der Waals surface area contributed by atoms with Crippen molar-refractivity contribution in [1.29, 1.82) is 0 Å². The maximum absolute atomic E-state index is 12.8. The first-order valence-corrected chi connectivity index (χ1v) is 8.18. The van der Waals surface area contributed by atoms with E-state index in [1.807, 2.05) is 6.07 Å². The second-order valence-corrected chi connectivity index (χ2v) is 6.06. The van der Waals surface area contributed by atoms with Crippen molar-refractivity contribution in [2.75, 3.05) is 39.5 Å². The molecular formula is C17H19NO6. The van der Waals surface area contributed by atoms with Crippen molar-refractivity contribution in [3.63, 3.8) is 0 Å². The van der Waals surface area contributed by atoms with E-state index in [0.29, 0.717) is 51.0 Å². The van der Waals surface area contributed by atoms with E-state index in [4.69, 9.17) is 18.9 Å². The fourth-order valence-corrected chi connectivity index (χ4v) is 3.33. The van der Waals surface area contributed by atoms with E-state index < -0.39 is 12.0 Å². The maximum Gasteiger partial charge on any atom is 0.307 e. The molecule has 3 aliphatic rings. The Morgan fingerprint density at radius 2 is 1.79 bits per heavy atom. The molecule has 2 atom stereocenters. The van der Waals surface area contributed by atoms with Crippen LogP contribution in [0.15, 0.2) is 18.2 Å². The molecule has 128 valence electrons. The summed E-state index contributed by atoms with van der Waals surface area (Å²) in [6, 6.07) is 5.43. The van der Waals surface area contributed by atoms with Gasteiger partial charge in [0.25, 0.3) is 0 Å². The molecule has 1 aromatic rings. The third kappa shape index (κ3) is 2.80. The first kappa shape index (κ1) is 15.3.